The molecule has 1 aliphatic rings. The number of aldehydes is 1. The lowest BCUT2D eigenvalue weighted by Gasteiger charge is -2.17. The van der Waals surface area contributed by atoms with Gasteiger partial charge in [-0.2, -0.15) is 0 Å². The molecule has 172 valence electrons. The van der Waals surface area contributed by atoms with Gasteiger partial charge in [0.05, 0.1) is 12.1 Å². The minimum atomic E-state index is -0.319. The van der Waals surface area contributed by atoms with Crippen molar-refractivity contribution in [3.05, 3.63) is 23.8 Å². The number of carbonyl (C=O) groups excluding carboxylic acids is 3. The quantitative estimate of drug-likeness (QED) is 0.320. The molecule has 9 heteroatoms. The van der Waals surface area contributed by atoms with Crippen LogP contribution < -0.4 is 20.5 Å². The second-order valence-corrected chi connectivity index (χ2v) is 6.30. The summed E-state index contributed by atoms with van der Waals surface area (Å²) in [5, 5.41) is 10.1. The van der Waals surface area contributed by atoms with Crippen molar-refractivity contribution in [2.45, 2.75) is 52.4 Å². The molecule has 2 rings (SSSR count). The lowest BCUT2D eigenvalue weighted by molar-refractivity contribution is -0.109. The molecule has 0 fully saturated rings. The number of nitrogens with one attached hydrogen (secondary N) is 1. The van der Waals surface area contributed by atoms with Crippen molar-refractivity contribution in [2.24, 2.45) is 11.7 Å². The Morgan fingerprint density at radius 3 is 2.30 bits per heavy atom. The van der Waals surface area contributed by atoms with Gasteiger partial charge in [-0.3, -0.25) is 10.1 Å². The molecule has 0 bridgehead atoms. The summed E-state index contributed by atoms with van der Waals surface area (Å²) in [6.07, 6.45) is 1.60. The largest absolute Gasteiger partial charge is 0.454 e. The van der Waals surface area contributed by atoms with Gasteiger partial charge >= 0.3 is 0 Å². The minimum absolute atomic E-state index is 0.00259. The van der Waals surface area contributed by atoms with Gasteiger partial charge < -0.3 is 34.6 Å². The van der Waals surface area contributed by atoms with Gasteiger partial charge in [-0.05, 0) is 38.0 Å². The number of Topliss-reactive ketones (excluding diaryl/α,β-unsaturated/α-hetero) is 1. The number of carbonyl (C=O) groups is 3. The van der Waals surface area contributed by atoms with Crippen LogP contribution in [0.15, 0.2) is 18.2 Å². The molecule has 0 saturated heterocycles. The Bertz CT molecular complexity index is 613. The summed E-state index contributed by atoms with van der Waals surface area (Å²) >= 11 is 0. The van der Waals surface area contributed by atoms with Crippen LogP contribution in [0.3, 0.4) is 0 Å². The van der Waals surface area contributed by atoms with E-state index in [-0.39, 0.29) is 30.9 Å². The molecule has 1 aromatic carbocycles. The van der Waals surface area contributed by atoms with E-state index >= 15 is 0 Å². The molecular weight excluding hydrogens is 392 g/mol. The topological polar surface area (TPSA) is 137 Å². The monoisotopic (exact) mass is 428 g/mol. The van der Waals surface area contributed by atoms with Gasteiger partial charge in [-0.1, -0.05) is 20.3 Å². The number of aliphatic hydroxyl groups is 1. The highest BCUT2D eigenvalue weighted by Gasteiger charge is 2.20. The molecule has 1 aromatic rings. The summed E-state index contributed by atoms with van der Waals surface area (Å²) in [6.45, 7) is 9.86. The number of fused-ring (bicyclic) bond motifs is 1. The molecule has 9 nitrogen and oxygen atoms in total. The molecule has 0 radical (unpaired) electrons. The third kappa shape index (κ3) is 10.4. The van der Waals surface area contributed by atoms with Crippen molar-refractivity contribution in [1.82, 2.24) is 5.32 Å². The van der Waals surface area contributed by atoms with Crippen LogP contribution in [0.5, 0.6) is 11.5 Å². The second-order valence-electron chi connectivity index (χ2n) is 6.30. The normalized spacial score (nSPS) is 14.8. The van der Waals surface area contributed by atoms with Gasteiger partial charge in [0.2, 0.25) is 6.79 Å². The summed E-state index contributed by atoms with van der Waals surface area (Å²) in [4.78, 5) is 30.2. The molecule has 30 heavy (non-hydrogen) atoms. The Kier molecular flexibility index (Phi) is 17.4. The van der Waals surface area contributed by atoms with Crippen LogP contribution in [0.1, 0.15) is 44.5 Å². The summed E-state index contributed by atoms with van der Waals surface area (Å²) in [6, 6.07) is 4.62. The van der Waals surface area contributed by atoms with Crippen LogP contribution in [0.25, 0.3) is 0 Å². The van der Waals surface area contributed by atoms with Gasteiger partial charge in [-0.15, -0.1) is 0 Å². The average Bonchev–Trinajstić information content (AvgIpc) is 3.28. The molecule has 0 aliphatic carbocycles. The molecule has 1 heterocycles. The van der Waals surface area contributed by atoms with E-state index in [0.29, 0.717) is 23.0 Å². The third-order valence-corrected chi connectivity index (χ3v) is 4.35. The van der Waals surface area contributed by atoms with Gasteiger partial charge in [0.1, 0.15) is 19.3 Å². The van der Waals surface area contributed by atoms with Crippen LogP contribution >= 0.6 is 0 Å². The zero-order valence-corrected chi connectivity index (χ0v) is 18.7. The van der Waals surface area contributed by atoms with Crippen molar-refractivity contribution in [1.29, 1.82) is 0 Å². The number of ketones is 1. The van der Waals surface area contributed by atoms with Crippen LogP contribution in [0, 0.1) is 5.92 Å². The standard InChI is InChI=1S/C13H17NO4.C6H13NO.CH4O.CH2O/c1-8(14-9(2)16-3)13(15)10-4-5-11-12(6-10)18-7-17-11;1-3-5(2)6(7)4-8;2*1-2/h4-6,8-9,14H,7H2,1-3H3;4-6H,3,7H2,1-2H3;2H,1H3;1H2. The van der Waals surface area contributed by atoms with E-state index in [9.17, 15) is 9.59 Å². The van der Waals surface area contributed by atoms with Crippen LogP contribution in [-0.4, -0.2) is 63.3 Å². The Morgan fingerprint density at radius 1 is 1.27 bits per heavy atom. The predicted molar refractivity (Wildman–Crippen MR) is 115 cm³/mol. The van der Waals surface area contributed by atoms with Gasteiger partial charge in [0.25, 0.3) is 0 Å². The fourth-order valence-corrected chi connectivity index (χ4v) is 2.20. The van der Waals surface area contributed by atoms with E-state index in [1.807, 2.05) is 34.5 Å². The number of rotatable bonds is 8. The molecular formula is C21H36N2O7. The molecule has 4 N–H and O–H groups in total. The van der Waals surface area contributed by atoms with E-state index in [2.05, 4.69) is 5.32 Å². The maximum absolute atomic E-state index is 12.2. The Hall–Kier alpha value is -2.33. The van der Waals surface area contributed by atoms with Crippen LogP contribution in [0.2, 0.25) is 0 Å². The number of aliphatic hydroxyl groups excluding tert-OH is 1. The first kappa shape index (κ1) is 29.9. The summed E-state index contributed by atoms with van der Waals surface area (Å²) in [5.74, 6) is 1.62. The number of methoxy groups -OCH3 is 1. The van der Waals surface area contributed by atoms with E-state index in [4.69, 9.17) is 29.8 Å². The maximum Gasteiger partial charge on any atom is 0.231 e. The van der Waals surface area contributed by atoms with Crippen molar-refractivity contribution in [3.63, 3.8) is 0 Å². The number of nitrogens with two attached hydrogens (primary N) is 1. The maximum atomic E-state index is 12.2. The van der Waals surface area contributed by atoms with E-state index in [1.54, 1.807) is 25.3 Å². The number of hydrogen-bond donors (Lipinski definition) is 3. The van der Waals surface area contributed by atoms with E-state index in [1.165, 1.54) is 0 Å². The fourth-order valence-electron chi connectivity index (χ4n) is 2.20. The highest BCUT2D eigenvalue weighted by Crippen LogP contribution is 2.32. The first-order valence-electron chi connectivity index (χ1n) is 9.51. The molecule has 4 atom stereocenters. The Labute approximate surface area is 178 Å². The highest BCUT2D eigenvalue weighted by atomic mass is 16.7. The molecule has 0 spiro atoms. The fraction of sp³-hybridized carbons (Fsp3) is 0.571. The van der Waals surface area contributed by atoms with Crippen LogP contribution in [-0.2, 0) is 14.3 Å². The summed E-state index contributed by atoms with van der Waals surface area (Å²) in [5.41, 5.74) is 5.96. The second kappa shape index (κ2) is 17.5. The molecule has 0 saturated carbocycles. The average molecular weight is 429 g/mol. The number of benzene rings is 1. The van der Waals surface area contributed by atoms with E-state index < -0.39 is 0 Å². The molecule has 4 unspecified atom stereocenters. The molecule has 0 aromatic heterocycles. The van der Waals surface area contributed by atoms with Crippen molar-refractivity contribution in [3.8, 4) is 11.5 Å². The smallest absolute Gasteiger partial charge is 0.231 e. The molecule has 0 amide bonds. The zero-order valence-electron chi connectivity index (χ0n) is 18.7. The Balaban J connectivity index is 0. The van der Waals surface area contributed by atoms with Crippen molar-refractivity contribution in [2.75, 3.05) is 21.0 Å². The predicted octanol–water partition coefficient (Wildman–Crippen LogP) is 1.55. The SMILES string of the molecule is C=O.CCC(C)C(N)C=O.CO.COC(C)NC(C)C(=O)c1ccc2c(c1)OCO2. The lowest BCUT2D eigenvalue weighted by Crippen LogP contribution is -2.40. The van der Waals surface area contributed by atoms with Crippen molar-refractivity contribution >= 4 is 18.9 Å². The molecule has 1 aliphatic heterocycles. The van der Waals surface area contributed by atoms with Gasteiger partial charge in [0.15, 0.2) is 17.3 Å². The lowest BCUT2D eigenvalue weighted by atomic mass is 10.0. The number of ether oxygens (including phenoxy) is 3. The van der Waals surface area contributed by atoms with Crippen LogP contribution in [0.4, 0.5) is 0 Å². The number of hydrogen-bond acceptors (Lipinski definition) is 9. The zero-order chi connectivity index (χ0) is 23.7. The third-order valence-electron chi connectivity index (χ3n) is 4.35. The van der Waals surface area contributed by atoms with Crippen molar-refractivity contribution < 1.29 is 33.7 Å². The van der Waals surface area contributed by atoms with Gasteiger partial charge in [-0.25, -0.2) is 0 Å². The minimum Gasteiger partial charge on any atom is -0.454 e. The first-order valence-corrected chi connectivity index (χ1v) is 9.51. The Morgan fingerprint density at radius 2 is 1.83 bits per heavy atom. The highest BCUT2D eigenvalue weighted by molar-refractivity contribution is 6.00. The first-order chi connectivity index (χ1) is 14.3. The summed E-state index contributed by atoms with van der Waals surface area (Å²) in [7, 11) is 2.59. The van der Waals surface area contributed by atoms with Gasteiger partial charge in [0, 0.05) is 19.8 Å². The summed E-state index contributed by atoms with van der Waals surface area (Å²) < 4.78 is 15.5. The van der Waals surface area contributed by atoms with E-state index in [0.717, 1.165) is 19.8 Å².